The van der Waals surface area contributed by atoms with E-state index in [-0.39, 0.29) is 0 Å². The normalized spacial score (nSPS) is 10.3. The van der Waals surface area contributed by atoms with Gasteiger partial charge in [0.2, 0.25) is 0 Å². The number of hydrogen-bond acceptors (Lipinski definition) is 2. The van der Waals surface area contributed by atoms with E-state index in [1.807, 2.05) is 25.4 Å². The third kappa shape index (κ3) is 1.64. The zero-order valence-corrected chi connectivity index (χ0v) is 5.29. The lowest BCUT2D eigenvalue weighted by Crippen LogP contribution is -1.89. The fraction of sp³-hybridized carbons (Fsp3) is 0.143. The first kappa shape index (κ1) is 5.95. The fourth-order valence-corrected chi connectivity index (χ4v) is 0.549. The molecule has 1 heterocycles. The van der Waals surface area contributed by atoms with Crippen molar-refractivity contribution in [2.75, 3.05) is 7.05 Å². The summed E-state index contributed by atoms with van der Waals surface area (Å²) in [4.78, 5) is 0. The van der Waals surface area contributed by atoms with Crippen molar-refractivity contribution in [1.82, 2.24) is 5.32 Å². The van der Waals surface area contributed by atoms with Crippen LogP contribution < -0.4 is 5.32 Å². The van der Waals surface area contributed by atoms with Crippen molar-refractivity contribution < 1.29 is 4.42 Å². The summed E-state index contributed by atoms with van der Waals surface area (Å²) < 4.78 is 4.83. The Kier molecular flexibility index (Phi) is 1.96. The Morgan fingerprint density at radius 1 is 1.67 bits per heavy atom. The summed E-state index contributed by atoms with van der Waals surface area (Å²) in [6.07, 6.45) is 7.12. The minimum atomic E-state index is 1.07. The quantitative estimate of drug-likeness (QED) is 0.644. The molecule has 0 amide bonds. The maximum absolute atomic E-state index is 4.83. The van der Waals surface area contributed by atoms with E-state index in [2.05, 4.69) is 5.32 Å². The molecule has 1 aromatic rings. The van der Waals surface area contributed by atoms with Crippen LogP contribution in [0.15, 0.2) is 29.2 Å². The first-order valence-electron chi connectivity index (χ1n) is 2.79. The first-order chi connectivity index (χ1) is 4.43. The maximum atomic E-state index is 4.83. The lowest BCUT2D eigenvalue weighted by atomic mass is 10.3. The molecule has 0 aliphatic heterocycles. The van der Waals surface area contributed by atoms with Crippen LogP contribution in [-0.2, 0) is 0 Å². The molecule has 0 fully saturated rings. The van der Waals surface area contributed by atoms with Gasteiger partial charge in [-0.2, -0.15) is 0 Å². The van der Waals surface area contributed by atoms with Gasteiger partial charge >= 0.3 is 0 Å². The van der Waals surface area contributed by atoms with E-state index in [9.17, 15) is 0 Å². The van der Waals surface area contributed by atoms with E-state index < -0.39 is 0 Å². The highest BCUT2D eigenvalue weighted by atomic mass is 16.3. The first-order valence-corrected chi connectivity index (χ1v) is 2.79. The molecule has 0 aromatic carbocycles. The third-order valence-electron chi connectivity index (χ3n) is 0.986. The molecule has 0 spiro atoms. The molecule has 0 unspecified atom stereocenters. The summed E-state index contributed by atoms with van der Waals surface area (Å²) in [5, 5.41) is 2.88. The van der Waals surface area contributed by atoms with Crippen molar-refractivity contribution in [3.05, 3.63) is 30.4 Å². The van der Waals surface area contributed by atoms with Crippen LogP contribution in [0, 0.1) is 0 Å². The average Bonchev–Trinajstić information content (AvgIpc) is 2.34. The van der Waals surface area contributed by atoms with Crippen LogP contribution in [0.3, 0.4) is 0 Å². The van der Waals surface area contributed by atoms with Crippen LogP contribution in [0.25, 0.3) is 6.08 Å². The van der Waals surface area contributed by atoms with Gasteiger partial charge in [-0.3, -0.25) is 0 Å². The molecule has 1 rings (SSSR count). The minimum Gasteiger partial charge on any atom is -0.472 e. The topological polar surface area (TPSA) is 25.2 Å². The lowest BCUT2D eigenvalue weighted by molar-refractivity contribution is 0.567. The molecule has 0 atom stereocenters. The summed E-state index contributed by atoms with van der Waals surface area (Å²) in [7, 11) is 1.86. The molecule has 0 radical (unpaired) electrons. The highest BCUT2D eigenvalue weighted by Gasteiger charge is 1.82. The second-order valence-corrected chi connectivity index (χ2v) is 1.68. The predicted molar refractivity (Wildman–Crippen MR) is 36.8 cm³/mol. The monoisotopic (exact) mass is 123 g/mol. The van der Waals surface area contributed by atoms with Gasteiger partial charge in [-0.25, -0.2) is 0 Å². The van der Waals surface area contributed by atoms with Crippen molar-refractivity contribution >= 4 is 6.08 Å². The van der Waals surface area contributed by atoms with Gasteiger partial charge in [-0.15, -0.1) is 0 Å². The minimum absolute atomic E-state index is 1.07. The number of nitrogens with one attached hydrogen (secondary N) is 1. The van der Waals surface area contributed by atoms with Gasteiger partial charge in [-0.05, 0) is 18.3 Å². The summed E-state index contributed by atoms with van der Waals surface area (Å²) in [5.41, 5.74) is 1.07. The number of hydrogen-bond donors (Lipinski definition) is 1. The molecular formula is C7H9NO. The highest BCUT2D eigenvalue weighted by Crippen LogP contribution is 2.00. The second-order valence-electron chi connectivity index (χ2n) is 1.68. The zero-order chi connectivity index (χ0) is 6.53. The Balaban J connectivity index is 2.57. The van der Waals surface area contributed by atoms with E-state index in [0.29, 0.717) is 0 Å². The highest BCUT2D eigenvalue weighted by molar-refractivity contribution is 5.46. The summed E-state index contributed by atoms with van der Waals surface area (Å²) in [5.74, 6) is 0. The van der Waals surface area contributed by atoms with E-state index in [4.69, 9.17) is 4.42 Å². The Morgan fingerprint density at radius 2 is 2.56 bits per heavy atom. The van der Waals surface area contributed by atoms with Crippen LogP contribution in [0.5, 0.6) is 0 Å². The van der Waals surface area contributed by atoms with Gasteiger partial charge < -0.3 is 9.73 Å². The molecule has 0 saturated carbocycles. The van der Waals surface area contributed by atoms with Gasteiger partial charge in [0, 0.05) is 12.6 Å². The van der Waals surface area contributed by atoms with E-state index >= 15 is 0 Å². The van der Waals surface area contributed by atoms with Crippen LogP contribution in [0.4, 0.5) is 0 Å². The van der Waals surface area contributed by atoms with Gasteiger partial charge in [-0.1, -0.05) is 0 Å². The molecule has 0 saturated heterocycles. The average molecular weight is 123 g/mol. The SMILES string of the molecule is CNC=Cc1ccoc1. The molecule has 9 heavy (non-hydrogen) atoms. The molecule has 1 aromatic heterocycles. The summed E-state index contributed by atoms with van der Waals surface area (Å²) >= 11 is 0. The Morgan fingerprint density at radius 3 is 3.11 bits per heavy atom. The Hall–Kier alpha value is -1.18. The number of rotatable bonds is 2. The Bertz CT molecular complexity index is 177. The lowest BCUT2D eigenvalue weighted by Gasteiger charge is -1.81. The Labute approximate surface area is 54.2 Å². The van der Waals surface area contributed by atoms with Crippen molar-refractivity contribution in [1.29, 1.82) is 0 Å². The van der Waals surface area contributed by atoms with E-state index in [1.165, 1.54) is 0 Å². The van der Waals surface area contributed by atoms with Crippen molar-refractivity contribution in [2.24, 2.45) is 0 Å². The van der Waals surface area contributed by atoms with Crippen LogP contribution in [0.1, 0.15) is 5.56 Å². The van der Waals surface area contributed by atoms with Crippen molar-refractivity contribution in [3.8, 4) is 0 Å². The fourth-order valence-electron chi connectivity index (χ4n) is 0.549. The molecule has 48 valence electrons. The molecule has 1 N–H and O–H groups in total. The molecule has 0 aliphatic rings. The van der Waals surface area contributed by atoms with Crippen molar-refractivity contribution in [3.63, 3.8) is 0 Å². The number of furan rings is 1. The molecule has 0 bridgehead atoms. The van der Waals surface area contributed by atoms with E-state index in [1.54, 1.807) is 12.5 Å². The standard InChI is InChI=1S/C7H9NO/c1-8-4-2-7-3-5-9-6-7/h2-6,8H,1H3. The van der Waals surface area contributed by atoms with Gasteiger partial charge in [0.25, 0.3) is 0 Å². The van der Waals surface area contributed by atoms with Crippen LogP contribution in [0.2, 0.25) is 0 Å². The van der Waals surface area contributed by atoms with E-state index in [0.717, 1.165) is 5.56 Å². The smallest absolute Gasteiger partial charge is 0.0975 e. The van der Waals surface area contributed by atoms with Crippen LogP contribution >= 0.6 is 0 Å². The summed E-state index contributed by atoms with van der Waals surface area (Å²) in [6, 6.07) is 1.90. The third-order valence-corrected chi connectivity index (χ3v) is 0.986. The second kappa shape index (κ2) is 2.97. The van der Waals surface area contributed by atoms with Gasteiger partial charge in [0.15, 0.2) is 0 Å². The van der Waals surface area contributed by atoms with Gasteiger partial charge in [0.05, 0.1) is 12.5 Å². The molecule has 0 aliphatic carbocycles. The largest absolute Gasteiger partial charge is 0.472 e. The maximum Gasteiger partial charge on any atom is 0.0975 e. The predicted octanol–water partition coefficient (Wildman–Crippen LogP) is 1.47. The molecule has 2 nitrogen and oxygen atoms in total. The van der Waals surface area contributed by atoms with Crippen molar-refractivity contribution in [2.45, 2.75) is 0 Å². The van der Waals surface area contributed by atoms with Gasteiger partial charge in [0.1, 0.15) is 0 Å². The molecular weight excluding hydrogens is 114 g/mol. The zero-order valence-electron chi connectivity index (χ0n) is 5.29. The summed E-state index contributed by atoms with van der Waals surface area (Å²) in [6.45, 7) is 0. The molecule has 2 heteroatoms. The van der Waals surface area contributed by atoms with Crippen LogP contribution in [-0.4, -0.2) is 7.05 Å².